The third-order valence-corrected chi connectivity index (χ3v) is 9.40. The van der Waals surface area contributed by atoms with E-state index in [0.717, 1.165) is 18.4 Å². The zero-order chi connectivity index (χ0) is 29.0. The summed E-state index contributed by atoms with van der Waals surface area (Å²) in [4.78, 5) is 28.1. The topological polar surface area (TPSA) is 127 Å². The predicted octanol–water partition coefficient (Wildman–Crippen LogP) is 1.63. The fourth-order valence-corrected chi connectivity index (χ4v) is 5.69. The Morgan fingerprint density at radius 2 is 1.83 bits per heavy atom. The molecule has 11 nitrogen and oxygen atoms in total. The van der Waals surface area contributed by atoms with Crippen LogP contribution in [0.4, 0.5) is 0 Å². The lowest BCUT2D eigenvalue weighted by atomic mass is 10.1. The molecule has 6 rings (SSSR count). The highest BCUT2D eigenvalue weighted by Crippen LogP contribution is 2.31. The van der Waals surface area contributed by atoms with Crippen LogP contribution in [-0.2, 0) is 21.4 Å². The van der Waals surface area contributed by atoms with Crippen LogP contribution in [0.25, 0.3) is 0 Å². The van der Waals surface area contributed by atoms with E-state index in [2.05, 4.69) is 15.5 Å². The fourth-order valence-electron chi connectivity index (χ4n) is 4.83. The zero-order valence-electron chi connectivity index (χ0n) is 23.5. The maximum Gasteiger partial charge on any atom is 0.258 e. The molecule has 2 amide bonds. The number of hydrogen-bond acceptors (Lipinski definition) is 8. The lowest BCUT2D eigenvalue weighted by Crippen LogP contribution is -2.45. The second-order valence-corrected chi connectivity index (χ2v) is 13.4. The number of fused-ring (bicyclic) bond motifs is 7. The molecule has 12 heteroatoms. The normalized spacial score (nSPS) is 21.8. The van der Waals surface area contributed by atoms with E-state index in [0.29, 0.717) is 67.9 Å². The number of sulfonamides is 1. The van der Waals surface area contributed by atoms with Crippen LogP contribution >= 0.6 is 0 Å². The van der Waals surface area contributed by atoms with Gasteiger partial charge >= 0.3 is 0 Å². The number of carbonyl (C=O) groups is 2. The van der Waals surface area contributed by atoms with Gasteiger partial charge in [0.15, 0.2) is 6.61 Å². The third-order valence-electron chi connectivity index (χ3n) is 7.49. The highest BCUT2D eigenvalue weighted by atomic mass is 32.2. The van der Waals surface area contributed by atoms with Gasteiger partial charge in [0, 0.05) is 45.4 Å². The minimum Gasteiger partial charge on any atom is -0.493 e. The average Bonchev–Trinajstić information content (AvgIpc) is 3.70. The molecule has 1 saturated heterocycles. The van der Waals surface area contributed by atoms with Crippen molar-refractivity contribution in [1.29, 1.82) is 0 Å². The van der Waals surface area contributed by atoms with E-state index in [1.54, 1.807) is 18.2 Å². The molecule has 1 aliphatic carbocycles. The Hall–Kier alpha value is -3.35. The van der Waals surface area contributed by atoms with Gasteiger partial charge in [0.25, 0.3) is 11.8 Å². The summed E-state index contributed by atoms with van der Waals surface area (Å²) in [5, 5.41) is 5.96. The summed E-state index contributed by atoms with van der Waals surface area (Å²) in [7, 11) is -0.224. The molecule has 2 N–H and O–H groups in total. The monoisotopic (exact) mass is 586 g/mol. The molecule has 1 saturated carbocycles. The summed E-state index contributed by atoms with van der Waals surface area (Å²) >= 11 is 0. The van der Waals surface area contributed by atoms with E-state index in [1.807, 2.05) is 24.3 Å². The molecule has 2 fully saturated rings. The lowest BCUT2D eigenvalue weighted by molar-refractivity contribution is -0.123. The number of hydrogen-bond donors (Lipinski definition) is 2. The van der Waals surface area contributed by atoms with Crippen LogP contribution in [0.5, 0.6) is 17.2 Å². The van der Waals surface area contributed by atoms with Gasteiger partial charge in [-0.3, -0.25) is 14.5 Å². The molecule has 2 atom stereocenters. The molecule has 2 aromatic carbocycles. The highest BCUT2D eigenvalue weighted by molar-refractivity contribution is 7.89. The smallest absolute Gasteiger partial charge is 0.258 e. The number of benzene rings is 2. The van der Waals surface area contributed by atoms with Gasteiger partial charge in [0.1, 0.15) is 23.4 Å². The minimum atomic E-state index is -3.29. The van der Waals surface area contributed by atoms with Gasteiger partial charge in [-0.2, -0.15) is 0 Å². The largest absolute Gasteiger partial charge is 0.493 e. The van der Waals surface area contributed by atoms with E-state index in [9.17, 15) is 18.0 Å². The van der Waals surface area contributed by atoms with Crippen LogP contribution in [0, 0.1) is 5.92 Å². The average molecular weight is 587 g/mol. The molecule has 222 valence electrons. The highest BCUT2D eigenvalue weighted by Gasteiger charge is 2.36. The van der Waals surface area contributed by atoms with Gasteiger partial charge in [-0.25, -0.2) is 12.7 Å². The van der Waals surface area contributed by atoms with Crippen molar-refractivity contribution in [3.8, 4) is 17.2 Å². The minimum absolute atomic E-state index is 0.0491. The number of nitrogens with zero attached hydrogens (tertiary/aromatic N) is 2. The number of carbonyl (C=O) groups excluding carboxylic acids is 2. The number of likely N-dealkylation sites (tertiary alicyclic amines) is 1. The summed E-state index contributed by atoms with van der Waals surface area (Å²) < 4.78 is 43.7. The predicted molar refractivity (Wildman–Crippen MR) is 153 cm³/mol. The second kappa shape index (κ2) is 12.7. The lowest BCUT2D eigenvalue weighted by Gasteiger charge is -2.22. The SMILES string of the molecule is CN(C)S(=O)(=O)CCCN1C[C@@H]2NC(=O)c3cc(cc(OCC4CC4)c3)OCC(=O)NCc3ccc(cc3)O[C@H]2C1. The molecule has 0 aromatic heterocycles. The first-order valence-corrected chi connectivity index (χ1v) is 15.6. The van der Waals surface area contributed by atoms with E-state index in [-0.39, 0.29) is 36.3 Å². The van der Waals surface area contributed by atoms with Gasteiger partial charge < -0.3 is 24.8 Å². The van der Waals surface area contributed by atoms with Crippen LogP contribution in [-0.4, -0.2) is 94.3 Å². The van der Waals surface area contributed by atoms with Crippen LogP contribution in [0.2, 0.25) is 0 Å². The van der Waals surface area contributed by atoms with Gasteiger partial charge in [-0.05, 0) is 61.6 Å². The Bertz CT molecular complexity index is 1350. The molecule has 41 heavy (non-hydrogen) atoms. The van der Waals surface area contributed by atoms with Crippen molar-refractivity contribution in [2.24, 2.45) is 5.92 Å². The van der Waals surface area contributed by atoms with Crippen LogP contribution in [0.3, 0.4) is 0 Å². The van der Waals surface area contributed by atoms with Gasteiger partial charge in [-0.1, -0.05) is 12.1 Å². The third kappa shape index (κ3) is 8.11. The van der Waals surface area contributed by atoms with E-state index in [1.165, 1.54) is 18.4 Å². The van der Waals surface area contributed by atoms with E-state index >= 15 is 0 Å². The van der Waals surface area contributed by atoms with Crippen molar-refractivity contribution in [2.45, 2.75) is 38.0 Å². The van der Waals surface area contributed by atoms with Crippen molar-refractivity contribution in [2.75, 3.05) is 52.7 Å². The maximum absolute atomic E-state index is 13.5. The van der Waals surface area contributed by atoms with Crippen LogP contribution in [0.15, 0.2) is 42.5 Å². The summed E-state index contributed by atoms with van der Waals surface area (Å²) in [6.07, 6.45) is 2.38. The molecule has 4 bridgehead atoms. The van der Waals surface area contributed by atoms with Crippen LogP contribution < -0.4 is 24.8 Å². The second-order valence-electron chi connectivity index (χ2n) is 11.1. The molecular formula is C29H38N4O7S. The molecule has 0 unspecified atom stereocenters. The molecule has 3 aliphatic heterocycles. The zero-order valence-corrected chi connectivity index (χ0v) is 24.3. The molecule has 0 radical (unpaired) electrons. The summed E-state index contributed by atoms with van der Waals surface area (Å²) in [5.41, 5.74) is 1.27. The van der Waals surface area contributed by atoms with Crippen molar-refractivity contribution in [3.63, 3.8) is 0 Å². The van der Waals surface area contributed by atoms with E-state index in [4.69, 9.17) is 14.2 Å². The standard InChI is InChI=1S/C29H38N4O7S/c1-32(2)41(36,37)11-3-10-33-16-26-27(17-33)40-23-8-6-20(7-9-23)15-30-28(34)19-39-25-13-22(29(35)31-26)12-24(14-25)38-18-21-4-5-21/h6-9,12-14,21,26-27H,3-5,10-11,15-19H2,1-2H3,(H,30,34)(H,31,35)/t26-,27-/m0/s1. The molecule has 4 aliphatic rings. The fraction of sp³-hybridized carbons (Fsp3) is 0.517. The van der Waals surface area contributed by atoms with Crippen molar-refractivity contribution >= 4 is 21.8 Å². The molecule has 0 spiro atoms. The number of amides is 2. The molecule has 3 heterocycles. The van der Waals surface area contributed by atoms with Gasteiger partial charge in [0.05, 0.1) is 18.4 Å². The Labute approximate surface area is 241 Å². The maximum atomic E-state index is 13.5. The van der Waals surface area contributed by atoms with Gasteiger partial charge in [0.2, 0.25) is 10.0 Å². The Morgan fingerprint density at radius 1 is 1.05 bits per heavy atom. The first-order valence-electron chi connectivity index (χ1n) is 14.0. The van der Waals surface area contributed by atoms with Crippen molar-refractivity contribution in [3.05, 3.63) is 53.6 Å². The Morgan fingerprint density at radius 3 is 2.56 bits per heavy atom. The Kier molecular flexibility index (Phi) is 9.00. The van der Waals surface area contributed by atoms with Crippen molar-refractivity contribution in [1.82, 2.24) is 19.8 Å². The first kappa shape index (κ1) is 29.2. The first-order chi connectivity index (χ1) is 19.6. The summed E-state index contributed by atoms with van der Waals surface area (Å²) in [5.74, 6) is 1.51. The number of nitrogens with one attached hydrogen (secondary N) is 2. The number of rotatable bonds is 8. The Balaban J connectivity index is 1.36. The van der Waals surface area contributed by atoms with Crippen molar-refractivity contribution < 1.29 is 32.2 Å². The number of ether oxygens (including phenoxy) is 3. The summed E-state index contributed by atoms with van der Waals surface area (Å²) in [6.45, 7) is 2.31. The van der Waals surface area contributed by atoms with Crippen LogP contribution in [0.1, 0.15) is 35.2 Å². The quantitative estimate of drug-likeness (QED) is 0.478. The summed E-state index contributed by atoms with van der Waals surface area (Å²) in [6, 6.07) is 12.1. The molecular weight excluding hydrogens is 548 g/mol. The van der Waals surface area contributed by atoms with Gasteiger partial charge in [-0.15, -0.1) is 0 Å². The molecule has 2 aromatic rings. The van der Waals surface area contributed by atoms with E-state index < -0.39 is 10.0 Å².